The Morgan fingerprint density at radius 2 is 2.50 bits per heavy atom. The molecule has 1 unspecified atom stereocenters. The van der Waals surface area contributed by atoms with Crippen LogP contribution in [0.2, 0.25) is 0 Å². The Hall–Kier alpha value is -1.51. The van der Waals surface area contributed by atoms with Crippen LogP contribution in [-0.2, 0) is 0 Å². The van der Waals surface area contributed by atoms with E-state index in [4.69, 9.17) is 0 Å². The first kappa shape index (κ1) is 11.0. The Balaban J connectivity index is 2.18. The highest BCUT2D eigenvalue weighted by Crippen LogP contribution is 2.36. The van der Waals surface area contributed by atoms with E-state index < -0.39 is 0 Å². The fourth-order valence-corrected chi connectivity index (χ4v) is 2.25. The molecule has 2 rings (SSSR count). The second-order valence-electron chi connectivity index (χ2n) is 4.56. The van der Waals surface area contributed by atoms with Crippen LogP contribution in [0.25, 0.3) is 0 Å². The topological polar surface area (TPSA) is 36.4 Å². The van der Waals surface area contributed by atoms with Gasteiger partial charge in [-0.3, -0.25) is 4.99 Å². The van der Waals surface area contributed by atoms with Crippen molar-refractivity contribution in [3.8, 4) is 0 Å². The Morgan fingerprint density at radius 1 is 1.69 bits per heavy atom. The zero-order chi connectivity index (χ0) is 11.6. The zero-order valence-electron chi connectivity index (χ0n) is 9.96. The fraction of sp³-hybridized carbons (Fsp3) is 0.462. The lowest BCUT2D eigenvalue weighted by molar-refractivity contribution is 0.494. The standard InChI is InChI=1S/C13H19N3/c1-4-13(2)9-15-8-11(13)12-7-10(14-3)5-6-16-12/h4-6,8,12,14-15H,1,7,9H2,2-3H3/t12-,13?/m0/s1. The number of nitrogens with one attached hydrogen (secondary N) is 2. The quantitative estimate of drug-likeness (QED) is 0.705. The van der Waals surface area contributed by atoms with Gasteiger partial charge in [0.05, 0.1) is 6.04 Å². The third-order valence-corrected chi connectivity index (χ3v) is 3.47. The van der Waals surface area contributed by atoms with E-state index in [1.165, 1.54) is 11.3 Å². The molecule has 2 N–H and O–H groups in total. The van der Waals surface area contributed by atoms with Gasteiger partial charge in [0.1, 0.15) is 0 Å². The first-order valence-electron chi connectivity index (χ1n) is 5.67. The Bertz CT molecular complexity index is 379. The number of allylic oxidation sites excluding steroid dienone is 1. The predicted molar refractivity (Wildman–Crippen MR) is 68.4 cm³/mol. The highest BCUT2D eigenvalue weighted by Gasteiger charge is 2.34. The average molecular weight is 217 g/mol. The summed E-state index contributed by atoms with van der Waals surface area (Å²) in [4.78, 5) is 4.56. The van der Waals surface area contributed by atoms with Crippen molar-refractivity contribution in [2.45, 2.75) is 19.4 Å². The molecule has 2 aliphatic rings. The monoisotopic (exact) mass is 217 g/mol. The summed E-state index contributed by atoms with van der Waals surface area (Å²) >= 11 is 0. The summed E-state index contributed by atoms with van der Waals surface area (Å²) in [5.74, 6) is 0. The van der Waals surface area contributed by atoms with Crippen LogP contribution in [0.3, 0.4) is 0 Å². The van der Waals surface area contributed by atoms with Crippen LogP contribution in [0.4, 0.5) is 0 Å². The lowest BCUT2D eigenvalue weighted by Gasteiger charge is -2.28. The van der Waals surface area contributed by atoms with E-state index in [0.717, 1.165) is 13.0 Å². The lowest BCUT2D eigenvalue weighted by atomic mass is 9.79. The van der Waals surface area contributed by atoms with Crippen LogP contribution >= 0.6 is 0 Å². The SMILES string of the molecule is C=CC1(C)CNC=C1[C@@H]1CC(NC)=CC=N1. The molecular weight excluding hydrogens is 198 g/mol. The normalized spacial score (nSPS) is 32.8. The van der Waals surface area contributed by atoms with Crippen molar-refractivity contribution >= 4 is 6.21 Å². The van der Waals surface area contributed by atoms with Crippen molar-refractivity contribution in [1.29, 1.82) is 0 Å². The van der Waals surface area contributed by atoms with Crippen molar-refractivity contribution in [3.05, 3.63) is 36.2 Å². The predicted octanol–water partition coefficient (Wildman–Crippen LogP) is 1.61. The minimum atomic E-state index is 0.0399. The molecule has 0 saturated carbocycles. The zero-order valence-corrected chi connectivity index (χ0v) is 9.96. The van der Waals surface area contributed by atoms with E-state index in [0.29, 0.717) is 0 Å². The summed E-state index contributed by atoms with van der Waals surface area (Å²) in [5, 5.41) is 6.50. The molecule has 2 atom stereocenters. The van der Waals surface area contributed by atoms with Gasteiger partial charge in [0.15, 0.2) is 0 Å². The average Bonchev–Trinajstić information content (AvgIpc) is 2.72. The van der Waals surface area contributed by atoms with Gasteiger partial charge in [0, 0.05) is 37.3 Å². The molecule has 0 spiro atoms. The molecule has 3 heteroatoms. The highest BCUT2D eigenvalue weighted by atomic mass is 14.9. The largest absolute Gasteiger partial charge is 0.391 e. The third kappa shape index (κ3) is 1.77. The van der Waals surface area contributed by atoms with E-state index in [-0.39, 0.29) is 11.5 Å². The first-order valence-corrected chi connectivity index (χ1v) is 5.67. The van der Waals surface area contributed by atoms with E-state index in [1.807, 2.05) is 25.4 Å². The molecule has 0 aromatic carbocycles. The molecule has 0 bridgehead atoms. The summed E-state index contributed by atoms with van der Waals surface area (Å²) in [6.07, 6.45) is 8.99. The van der Waals surface area contributed by atoms with Crippen molar-refractivity contribution in [2.75, 3.05) is 13.6 Å². The maximum absolute atomic E-state index is 4.56. The van der Waals surface area contributed by atoms with Crippen molar-refractivity contribution in [2.24, 2.45) is 10.4 Å². The second-order valence-corrected chi connectivity index (χ2v) is 4.56. The van der Waals surface area contributed by atoms with Gasteiger partial charge in [0.25, 0.3) is 0 Å². The number of nitrogens with zero attached hydrogens (tertiary/aromatic N) is 1. The molecule has 86 valence electrons. The molecule has 2 heterocycles. The number of hydrogen-bond donors (Lipinski definition) is 2. The molecule has 2 aliphatic heterocycles. The summed E-state index contributed by atoms with van der Waals surface area (Å²) in [5.41, 5.74) is 2.61. The van der Waals surface area contributed by atoms with Gasteiger partial charge in [-0.25, -0.2) is 0 Å². The third-order valence-electron chi connectivity index (χ3n) is 3.47. The van der Waals surface area contributed by atoms with Crippen LogP contribution in [0, 0.1) is 5.41 Å². The Morgan fingerprint density at radius 3 is 3.19 bits per heavy atom. The van der Waals surface area contributed by atoms with Gasteiger partial charge in [-0.2, -0.15) is 0 Å². The Kier molecular flexibility index (Phi) is 2.86. The second kappa shape index (κ2) is 4.16. The van der Waals surface area contributed by atoms with Crippen LogP contribution in [-0.4, -0.2) is 25.8 Å². The highest BCUT2D eigenvalue weighted by molar-refractivity contribution is 5.74. The molecular formula is C13H19N3. The van der Waals surface area contributed by atoms with Gasteiger partial charge < -0.3 is 10.6 Å². The van der Waals surface area contributed by atoms with Crippen LogP contribution in [0.1, 0.15) is 13.3 Å². The van der Waals surface area contributed by atoms with Gasteiger partial charge in [0.2, 0.25) is 0 Å². The summed E-state index contributed by atoms with van der Waals surface area (Å²) in [6.45, 7) is 7.07. The van der Waals surface area contributed by atoms with Gasteiger partial charge in [-0.05, 0) is 17.8 Å². The molecule has 0 aromatic heterocycles. The maximum atomic E-state index is 4.56. The number of hydrogen-bond acceptors (Lipinski definition) is 3. The molecule has 0 radical (unpaired) electrons. The number of aliphatic imine (C=N–C) groups is 1. The molecule has 0 aliphatic carbocycles. The minimum absolute atomic E-state index is 0.0399. The molecule has 16 heavy (non-hydrogen) atoms. The summed E-state index contributed by atoms with van der Waals surface area (Å²) in [7, 11) is 1.95. The van der Waals surface area contributed by atoms with Gasteiger partial charge in [-0.1, -0.05) is 13.0 Å². The van der Waals surface area contributed by atoms with Crippen molar-refractivity contribution in [3.63, 3.8) is 0 Å². The fourth-order valence-electron chi connectivity index (χ4n) is 2.25. The van der Waals surface area contributed by atoms with E-state index in [9.17, 15) is 0 Å². The molecule has 0 aromatic rings. The minimum Gasteiger partial charge on any atom is -0.391 e. The van der Waals surface area contributed by atoms with E-state index >= 15 is 0 Å². The van der Waals surface area contributed by atoms with Gasteiger partial charge in [-0.15, -0.1) is 6.58 Å². The smallest absolute Gasteiger partial charge is 0.0789 e. The molecule has 0 saturated heterocycles. The first-order chi connectivity index (χ1) is 7.69. The molecule has 0 fully saturated rings. The maximum Gasteiger partial charge on any atom is 0.0789 e. The van der Waals surface area contributed by atoms with Crippen molar-refractivity contribution < 1.29 is 0 Å². The van der Waals surface area contributed by atoms with Crippen LogP contribution < -0.4 is 10.6 Å². The van der Waals surface area contributed by atoms with Crippen LogP contribution in [0.5, 0.6) is 0 Å². The van der Waals surface area contributed by atoms with E-state index in [1.54, 1.807) is 0 Å². The van der Waals surface area contributed by atoms with Gasteiger partial charge >= 0.3 is 0 Å². The lowest BCUT2D eigenvalue weighted by Crippen LogP contribution is -2.28. The van der Waals surface area contributed by atoms with Crippen LogP contribution in [0.15, 0.2) is 41.2 Å². The number of dihydropyridines is 1. The molecule has 3 nitrogen and oxygen atoms in total. The van der Waals surface area contributed by atoms with Crippen molar-refractivity contribution in [1.82, 2.24) is 10.6 Å². The molecule has 0 amide bonds. The Labute approximate surface area is 97.0 Å². The summed E-state index contributed by atoms with van der Waals surface area (Å²) < 4.78 is 0. The number of rotatable bonds is 3. The summed E-state index contributed by atoms with van der Waals surface area (Å²) in [6, 6.07) is 0.241. The van der Waals surface area contributed by atoms with E-state index in [2.05, 4.69) is 35.3 Å².